The van der Waals surface area contributed by atoms with Crippen LogP contribution in [0, 0.1) is 0 Å². The van der Waals surface area contributed by atoms with Crippen molar-refractivity contribution in [2.75, 3.05) is 0 Å². The van der Waals surface area contributed by atoms with E-state index in [9.17, 15) is 0 Å². The smallest absolute Gasteiger partial charge is 0.0935 e. The second-order valence-corrected chi connectivity index (χ2v) is 6.22. The molecule has 18 heavy (non-hydrogen) atoms. The number of halogens is 1. The Hall–Kier alpha value is -1.13. The third-order valence-corrected chi connectivity index (χ3v) is 3.28. The van der Waals surface area contributed by atoms with Crippen molar-refractivity contribution in [2.45, 2.75) is 32.9 Å². The first kappa shape index (κ1) is 13.3. The molecular weight excluding hydrogens is 290 g/mol. The van der Waals surface area contributed by atoms with Crippen LogP contribution >= 0.6 is 15.9 Å². The molecule has 0 fully saturated rings. The zero-order valence-corrected chi connectivity index (χ0v) is 12.5. The van der Waals surface area contributed by atoms with Gasteiger partial charge >= 0.3 is 0 Å². The van der Waals surface area contributed by atoms with Gasteiger partial charge < -0.3 is 5.32 Å². The number of H-pyrrole nitrogens is 1. The lowest BCUT2D eigenvalue weighted by Crippen LogP contribution is -2.35. The van der Waals surface area contributed by atoms with Crippen molar-refractivity contribution in [3.63, 3.8) is 0 Å². The van der Waals surface area contributed by atoms with Crippen LogP contribution < -0.4 is 5.32 Å². The van der Waals surface area contributed by atoms with Gasteiger partial charge in [-0.25, -0.2) is 0 Å². The van der Waals surface area contributed by atoms with Gasteiger partial charge in [-0.1, -0.05) is 34.1 Å². The Morgan fingerprint density at radius 1 is 1.28 bits per heavy atom. The maximum atomic E-state index is 4.35. The minimum Gasteiger partial charge on any atom is -0.306 e. The Morgan fingerprint density at radius 3 is 2.67 bits per heavy atom. The molecule has 2 N–H and O–H groups in total. The monoisotopic (exact) mass is 307 g/mol. The van der Waals surface area contributed by atoms with Crippen LogP contribution in [0.15, 0.2) is 34.8 Å². The van der Waals surface area contributed by atoms with Gasteiger partial charge in [-0.05, 0) is 32.9 Å². The summed E-state index contributed by atoms with van der Waals surface area (Å²) in [5.74, 6) is 0. The summed E-state index contributed by atoms with van der Waals surface area (Å²) in [5.41, 5.74) is 3.28. The summed E-state index contributed by atoms with van der Waals surface area (Å²) in [4.78, 5) is 0. The Balaban J connectivity index is 2.14. The quantitative estimate of drug-likeness (QED) is 0.907. The lowest BCUT2D eigenvalue weighted by molar-refractivity contribution is 0.421. The predicted octanol–water partition coefficient (Wildman–Crippen LogP) is 3.73. The third kappa shape index (κ3) is 3.43. The van der Waals surface area contributed by atoms with Crippen LogP contribution in [-0.4, -0.2) is 15.7 Å². The van der Waals surface area contributed by atoms with E-state index in [-0.39, 0.29) is 5.54 Å². The molecule has 0 saturated heterocycles. The van der Waals surface area contributed by atoms with Crippen LogP contribution in [0.25, 0.3) is 11.3 Å². The first-order valence-electron chi connectivity index (χ1n) is 6.00. The molecule has 0 radical (unpaired) electrons. The highest BCUT2D eigenvalue weighted by atomic mass is 79.9. The Labute approximate surface area is 116 Å². The number of rotatable bonds is 3. The molecule has 0 unspecified atom stereocenters. The molecule has 2 rings (SSSR count). The predicted molar refractivity (Wildman–Crippen MR) is 78.3 cm³/mol. The van der Waals surface area contributed by atoms with E-state index in [4.69, 9.17) is 0 Å². The SMILES string of the molecule is CC(C)(C)NCc1cc(-c2ccccc2Br)n[nH]1. The maximum absolute atomic E-state index is 4.35. The summed E-state index contributed by atoms with van der Waals surface area (Å²) >= 11 is 3.54. The van der Waals surface area contributed by atoms with E-state index in [1.54, 1.807) is 0 Å². The summed E-state index contributed by atoms with van der Waals surface area (Å²) in [5, 5.41) is 10.9. The van der Waals surface area contributed by atoms with Gasteiger partial charge in [-0.3, -0.25) is 5.10 Å². The Bertz CT molecular complexity index is 526. The van der Waals surface area contributed by atoms with Crippen molar-refractivity contribution in [1.29, 1.82) is 0 Å². The van der Waals surface area contributed by atoms with E-state index < -0.39 is 0 Å². The summed E-state index contributed by atoms with van der Waals surface area (Å²) in [7, 11) is 0. The standard InChI is InChI=1S/C14H18BrN3/c1-14(2,3)16-9-10-8-13(18-17-10)11-6-4-5-7-12(11)15/h4-8,16H,9H2,1-3H3,(H,17,18). The molecule has 1 heterocycles. The molecule has 0 spiro atoms. The van der Waals surface area contributed by atoms with Crippen molar-refractivity contribution in [1.82, 2.24) is 15.5 Å². The van der Waals surface area contributed by atoms with Crippen molar-refractivity contribution in [3.8, 4) is 11.3 Å². The second kappa shape index (κ2) is 5.24. The van der Waals surface area contributed by atoms with Crippen LogP contribution in [0.3, 0.4) is 0 Å². The van der Waals surface area contributed by atoms with Crippen LogP contribution in [0.2, 0.25) is 0 Å². The van der Waals surface area contributed by atoms with Crippen LogP contribution in [-0.2, 0) is 6.54 Å². The highest BCUT2D eigenvalue weighted by Gasteiger charge is 2.11. The van der Waals surface area contributed by atoms with Gasteiger partial charge in [0, 0.05) is 27.8 Å². The molecule has 0 amide bonds. The normalized spacial score (nSPS) is 11.8. The molecule has 0 bridgehead atoms. The topological polar surface area (TPSA) is 40.7 Å². The van der Waals surface area contributed by atoms with Crippen molar-refractivity contribution >= 4 is 15.9 Å². The maximum Gasteiger partial charge on any atom is 0.0935 e. The number of hydrogen-bond donors (Lipinski definition) is 2. The van der Waals surface area contributed by atoms with Gasteiger partial charge in [0.15, 0.2) is 0 Å². The van der Waals surface area contributed by atoms with Gasteiger partial charge in [0.1, 0.15) is 0 Å². The summed E-state index contributed by atoms with van der Waals surface area (Å²) in [6, 6.07) is 10.2. The van der Waals surface area contributed by atoms with Gasteiger partial charge in [0.2, 0.25) is 0 Å². The minimum absolute atomic E-state index is 0.110. The third-order valence-electron chi connectivity index (χ3n) is 2.59. The van der Waals surface area contributed by atoms with E-state index in [0.29, 0.717) is 0 Å². The number of nitrogens with one attached hydrogen (secondary N) is 2. The molecule has 3 nitrogen and oxygen atoms in total. The average molecular weight is 308 g/mol. The fourth-order valence-electron chi connectivity index (χ4n) is 1.62. The average Bonchev–Trinajstić information content (AvgIpc) is 2.75. The van der Waals surface area contributed by atoms with Gasteiger partial charge in [0.05, 0.1) is 5.69 Å². The van der Waals surface area contributed by atoms with E-state index in [0.717, 1.165) is 28.0 Å². The molecule has 4 heteroatoms. The molecule has 0 aliphatic rings. The summed E-state index contributed by atoms with van der Waals surface area (Å²) in [6.07, 6.45) is 0. The number of nitrogens with zero attached hydrogens (tertiary/aromatic N) is 1. The van der Waals surface area contributed by atoms with E-state index in [1.807, 2.05) is 18.2 Å². The molecule has 1 aromatic carbocycles. The van der Waals surface area contributed by atoms with E-state index in [1.165, 1.54) is 0 Å². The number of benzene rings is 1. The first-order chi connectivity index (χ1) is 8.46. The largest absolute Gasteiger partial charge is 0.306 e. The minimum atomic E-state index is 0.110. The lowest BCUT2D eigenvalue weighted by Gasteiger charge is -2.19. The molecule has 2 aromatic rings. The molecule has 1 aromatic heterocycles. The van der Waals surface area contributed by atoms with E-state index in [2.05, 4.69) is 64.3 Å². The molecular formula is C14H18BrN3. The molecule has 0 aliphatic heterocycles. The first-order valence-corrected chi connectivity index (χ1v) is 6.79. The zero-order valence-electron chi connectivity index (χ0n) is 10.9. The summed E-state index contributed by atoms with van der Waals surface area (Å²) in [6.45, 7) is 7.25. The van der Waals surface area contributed by atoms with Crippen molar-refractivity contribution in [2.24, 2.45) is 0 Å². The Morgan fingerprint density at radius 2 is 2.00 bits per heavy atom. The van der Waals surface area contributed by atoms with Crippen LogP contribution in [0.4, 0.5) is 0 Å². The molecule has 0 atom stereocenters. The van der Waals surface area contributed by atoms with E-state index >= 15 is 0 Å². The lowest BCUT2D eigenvalue weighted by atomic mass is 10.1. The molecule has 96 valence electrons. The highest BCUT2D eigenvalue weighted by molar-refractivity contribution is 9.10. The van der Waals surface area contributed by atoms with Crippen LogP contribution in [0.1, 0.15) is 26.5 Å². The molecule has 0 aliphatic carbocycles. The fraction of sp³-hybridized carbons (Fsp3) is 0.357. The number of aromatic amines is 1. The number of hydrogen-bond acceptors (Lipinski definition) is 2. The fourth-order valence-corrected chi connectivity index (χ4v) is 2.11. The highest BCUT2D eigenvalue weighted by Crippen LogP contribution is 2.26. The van der Waals surface area contributed by atoms with Crippen molar-refractivity contribution in [3.05, 3.63) is 40.5 Å². The van der Waals surface area contributed by atoms with Gasteiger partial charge in [-0.2, -0.15) is 5.10 Å². The number of aromatic nitrogens is 2. The van der Waals surface area contributed by atoms with Gasteiger partial charge in [0.25, 0.3) is 0 Å². The zero-order chi connectivity index (χ0) is 13.2. The van der Waals surface area contributed by atoms with Crippen LogP contribution in [0.5, 0.6) is 0 Å². The Kier molecular flexibility index (Phi) is 3.88. The summed E-state index contributed by atoms with van der Waals surface area (Å²) < 4.78 is 1.06. The molecule has 0 saturated carbocycles. The van der Waals surface area contributed by atoms with Gasteiger partial charge in [-0.15, -0.1) is 0 Å². The van der Waals surface area contributed by atoms with Crippen molar-refractivity contribution < 1.29 is 0 Å². The second-order valence-electron chi connectivity index (χ2n) is 5.36.